The molecule has 0 aromatic heterocycles. The Morgan fingerprint density at radius 3 is 1.63 bits per heavy atom. The summed E-state index contributed by atoms with van der Waals surface area (Å²) in [5.74, 6) is 0.204. The van der Waals surface area contributed by atoms with E-state index in [0.29, 0.717) is 0 Å². The maximum Gasteiger partial charge on any atom is 0.0291 e. The number of allylic oxidation sites excluding steroid dienone is 4. The van der Waals surface area contributed by atoms with E-state index >= 15 is 0 Å². The Morgan fingerprint density at radius 1 is 0.372 bits per heavy atom. The summed E-state index contributed by atoms with van der Waals surface area (Å²) in [5.41, 5.74) is 15.0. The topological polar surface area (TPSA) is 0 Å². The predicted molar refractivity (Wildman–Crippen MR) is 183 cm³/mol. The molecule has 3 aliphatic carbocycles. The van der Waals surface area contributed by atoms with Gasteiger partial charge in [-0.3, -0.25) is 0 Å². The average Bonchev–Trinajstić information content (AvgIpc) is 3.72. The van der Waals surface area contributed by atoms with Gasteiger partial charge in [0.25, 0.3) is 0 Å². The standard InChI is InChI=1S/C43H26/c1-3-14-30-24-38-36(22-28(30)12-1)40(34-19-9-16-26-10-5-7-17-32(26)34)42-39-25-31-15-4-2-13-29(31)23-37(39)41(43(38)42)35-21-20-27-11-6-8-18-33(27)35/h1-25,35H. The molecule has 1 unspecified atom stereocenters. The maximum atomic E-state index is 2.45. The fourth-order valence-electron chi connectivity index (χ4n) is 7.95. The minimum atomic E-state index is 0.204. The molecule has 0 fully saturated rings. The summed E-state index contributed by atoms with van der Waals surface area (Å²) in [5, 5.41) is 7.73. The highest BCUT2D eigenvalue weighted by Crippen LogP contribution is 2.62. The molecule has 0 amide bonds. The first-order valence-corrected chi connectivity index (χ1v) is 15.1. The summed E-state index contributed by atoms with van der Waals surface area (Å²) in [6.07, 6.45) is 4.74. The predicted octanol–water partition coefficient (Wildman–Crippen LogP) is 11.2. The lowest BCUT2D eigenvalue weighted by molar-refractivity contribution is 1.14. The van der Waals surface area contributed by atoms with Crippen LogP contribution < -0.4 is 0 Å². The van der Waals surface area contributed by atoms with Gasteiger partial charge in [-0.15, -0.1) is 0 Å². The molecule has 0 N–H and O–H groups in total. The fraction of sp³-hybridized carbons (Fsp3) is 0.0233. The molecular formula is C43H26. The Hall–Kier alpha value is -5.46. The van der Waals surface area contributed by atoms with E-state index < -0.39 is 0 Å². The van der Waals surface area contributed by atoms with Crippen LogP contribution in [0.3, 0.4) is 0 Å². The molecule has 1 atom stereocenters. The molecule has 0 saturated carbocycles. The maximum absolute atomic E-state index is 2.45. The zero-order chi connectivity index (χ0) is 28.1. The quantitative estimate of drug-likeness (QED) is 0.204. The monoisotopic (exact) mass is 542 g/mol. The number of hydrogen-bond donors (Lipinski definition) is 0. The van der Waals surface area contributed by atoms with E-state index in [2.05, 4.69) is 152 Å². The second kappa shape index (κ2) is 8.53. The SMILES string of the molecule is C1=CC(C2=C3C(=C(c4cccc5ccccc45)c4cc5ccccc5cc43)c3cc4ccccc4cc32)c2ccccc21. The molecule has 0 aliphatic heterocycles. The van der Waals surface area contributed by atoms with E-state index in [9.17, 15) is 0 Å². The van der Waals surface area contributed by atoms with Crippen LogP contribution >= 0.6 is 0 Å². The Kier molecular flexibility index (Phi) is 4.59. The van der Waals surface area contributed by atoms with Gasteiger partial charge in [0.15, 0.2) is 0 Å². The summed E-state index contributed by atoms with van der Waals surface area (Å²) in [6, 6.07) is 52.0. The van der Waals surface area contributed by atoms with Gasteiger partial charge in [-0.1, -0.05) is 127 Å². The molecule has 0 radical (unpaired) electrons. The smallest absolute Gasteiger partial charge is 0.0291 e. The first-order chi connectivity index (χ1) is 21.3. The van der Waals surface area contributed by atoms with E-state index in [1.165, 1.54) is 93.6 Å². The third-order valence-corrected chi connectivity index (χ3v) is 9.81. The lowest BCUT2D eigenvalue weighted by Gasteiger charge is -2.18. The molecular weight excluding hydrogens is 516 g/mol. The van der Waals surface area contributed by atoms with Gasteiger partial charge in [-0.25, -0.2) is 0 Å². The van der Waals surface area contributed by atoms with Gasteiger partial charge in [0, 0.05) is 5.92 Å². The molecule has 0 heteroatoms. The Labute approximate surface area is 250 Å². The van der Waals surface area contributed by atoms with Crippen molar-refractivity contribution in [2.45, 2.75) is 5.92 Å². The van der Waals surface area contributed by atoms with Crippen molar-refractivity contribution in [1.29, 1.82) is 0 Å². The molecule has 198 valence electrons. The number of fused-ring (bicyclic) bond motifs is 9. The summed E-state index contributed by atoms with van der Waals surface area (Å²) in [7, 11) is 0. The first kappa shape index (κ1) is 23.1. The first-order valence-electron chi connectivity index (χ1n) is 15.1. The molecule has 0 heterocycles. The Morgan fingerprint density at radius 2 is 0.907 bits per heavy atom. The normalized spacial score (nSPS) is 16.3. The van der Waals surface area contributed by atoms with Crippen molar-refractivity contribution in [1.82, 2.24) is 0 Å². The van der Waals surface area contributed by atoms with E-state index in [1.54, 1.807) is 0 Å². The van der Waals surface area contributed by atoms with E-state index in [0.717, 1.165) is 0 Å². The van der Waals surface area contributed by atoms with Crippen molar-refractivity contribution in [2.24, 2.45) is 0 Å². The second-order valence-corrected chi connectivity index (χ2v) is 12.0. The van der Waals surface area contributed by atoms with Crippen LogP contribution in [0, 0.1) is 0 Å². The second-order valence-electron chi connectivity index (χ2n) is 12.0. The van der Waals surface area contributed by atoms with Crippen molar-refractivity contribution in [3.8, 4) is 0 Å². The van der Waals surface area contributed by atoms with Crippen molar-refractivity contribution >= 4 is 60.7 Å². The van der Waals surface area contributed by atoms with Gasteiger partial charge < -0.3 is 0 Å². The minimum absolute atomic E-state index is 0.204. The third kappa shape index (κ3) is 3.16. The highest BCUT2D eigenvalue weighted by molar-refractivity contribution is 6.36. The number of rotatable bonds is 2. The fourth-order valence-corrected chi connectivity index (χ4v) is 7.95. The van der Waals surface area contributed by atoms with Gasteiger partial charge in [0.2, 0.25) is 0 Å². The van der Waals surface area contributed by atoms with Crippen LogP contribution in [-0.4, -0.2) is 0 Å². The summed E-state index contributed by atoms with van der Waals surface area (Å²) >= 11 is 0. The van der Waals surface area contributed by atoms with Crippen LogP contribution in [0.25, 0.3) is 60.7 Å². The summed E-state index contributed by atoms with van der Waals surface area (Å²) < 4.78 is 0. The zero-order valence-electron chi connectivity index (χ0n) is 23.5. The van der Waals surface area contributed by atoms with Crippen molar-refractivity contribution in [2.75, 3.05) is 0 Å². The molecule has 0 saturated heterocycles. The van der Waals surface area contributed by atoms with Crippen LogP contribution in [0.15, 0.2) is 146 Å². The molecule has 7 aromatic carbocycles. The molecule has 7 aromatic rings. The van der Waals surface area contributed by atoms with Crippen LogP contribution in [0.1, 0.15) is 44.9 Å². The van der Waals surface area contributed by atoms with Gasteiger partial charge >= 0.3 is 0 Å². The largest absolute Gasteiger partial charge is 0.0720 e. The van der Waals surface area contributed by atoms with Crippen LogP contribution in [0.2, 0.25) is 0 Å². The van der Waals surface area contributed by atoms with E-state index in [-0.39, 0.29) is 5.92 Å². The minimum Gasteiger partial charge on any atom is -0.0720 e. The number of benzene rings is 7. The van der Waals surface area contributed by atoms with Crippen molar-refractivity contribution in [3.63, 3.8) is 0 Å². The molecule has 43 heavy (non-hydrogen) atoms. The molecule has 10 rings (SSSR count). The lowest BCUT2D eigenvalue weighted by atomic mass is 9.84. The summed E-state index contributed by atoms with van der Waals surface area (Å²) in [4.78, 5) is 0. The van der Waals surface area contributed by atoms with E-state index in [1.807, 2.05) is 0 Å². The van der Waals surface area contributed by atoms with Crippen molar-refractivity contribution in [3.05, 3.63) is 185 Å². The Balaban J connectivity index is 1.40. The average molecular weight is 543 g/mol. The third-order valence-electron chi connectivity index (χ3n) is 9.81. The van der Waals surface area contributed by atoms with E-state index in [4.69, 9.17) is 0 Å². The van der Waals surface area contributed by atoms with Gasteiger partial charge in [-0.2, -0.15) is 0 Å². The molecule has 3 aliphatic rings. The van der Waals surface area contributed by atoms with Crippen LogP contribution in [0.5, 0.6) is 0 Å². The number of hydrogen-bond acceptors (Lipinski definition) is 0. The molecule has 0 spiro atoms. The summed E-state index contributed by atoms with van der Waals surface area (Å²) in [6.45, 7) is 0. The van der Waals surface area contributed by atoms with Gasteiger partial charge in [0.1, 0.15) is 0 Å². The lowest BCUT2D eigenvalue weighted by Crippen LogP contribution is -1.99. The van der Waals surface area contributed by atoms with Crippen LogP contribution in [-0.2, 0) is 0 Å². The van der Waals surface area contributed by atoms with Gasteiger partial charge in [0.05, 0.1) is 0 Å². The zero-order valence-corrected chi connectivity index (χ0v) is 23.5. The molecule has 0 bridgehead atoms. The Bertz CT molecular complexity index is 2440. The molecule has 0 nitrogen and oxygen atoms in total. The van der Waals surface area contributed by atoms with Crippen LogP contribution in [0.4, 0.5) is 0 Å². The van der Waals surface area contributed by atoms with Gasteiger partial charge in [-0.05, 0) is 118 Å². The van der Waals surface area contributed by atoms with Crippen molar-refractivity contribution < 1.29 is 0 Å². The highest BCUT2D eigenvalue weighted by Gasteiger charge is 2.40. The highest BCUT2D eigenvalue weighted by atomic mass is 14.4.